The van der Waals surface area contributed by atoms with Crippen LogP contribution < -0.4 is 0 Å². The van der Waals surface area contributed by atoms with Gasteiger partial charge in [-0.2, -0.15) is 0 Å². The predicted octanol–water partition coefficient (Wildman–Crippen LogP) is 5.03. The maximum atomic E-state index is 2.47. The molecule has 1 rings (SSSR count). The predicted molar refractivity (Wildman–Crippen MR) is 64.4 cm³/mol. The summed E-state index contributed by atoms with van der Waals surface area (Å²) in [6, 6.07) is 0. The van der Waals surface area contributed by atoms with Crippen LogP contribution in [0.2, 0.25) is 0 Å². The molecule has 0 heteroatoms. The first-order valence-corrected chi connectivity index (χ1v) is 6.77. The van der Waals surface area contributed by atoms with E-state index in [4.69, 9.17) is 0 Å². The highest BCUT2D eigenvalue weighted by Crippen LogP contribution is 2.42. The van der Waals surface area contributed by atoms with Crippen molar-refractivity contribution in [1.29, 1.82) is 0 Å². The molecule has 1 fully saturated rings. The van der Waals surface area contributed by atoms with Crippen LogP contribution in [0.1, 0.15) is 72.1 Å². The fourth-order valence-electron chi connectivity index (χ4n) is 2.85. The Labute approximate surface area is 90.5 Å². The summed E-state index contributed by atoms with van der Waals surface area (Å²) in [5, 5.41) is 0. The third-order valence-corrected chi connectivity index (χ3v) is 4.04. The molecular formula is C14H28. The molecule has 0 aromatic rings. The van der Waals surface area contributed by atoms with E-state index in [1.54, 1.807) is 12.8 Å². The van der Waals surface area contributed by atoms with Crippen molar-refractivity contribution >= 4 is 0 Å². The van der Waals surface area contributed by atoms with Crippen molar-refractivity contribution < 1.29 is 0 Å². The number of rotatable bonds is 7. The molecule has 1 atom stereocenters. The molecule has 0 heterocycles. The average Bonchev–Trinajstić information content (AvgIpc) is 2.10. The van der Waals surface area contributed by atoms with E-state index < -0.39 is 0 Å². The Kier molecular flexibility index (Phi) is 5.59. The third kappa shape index (κ3) is 3.63. The second-order valence-electron chi connectivity index (χ2n) is 5.36. The summed E-state index contributed by atoms with van der Waals surface area (Å²) in [5.74, 6) is 3.19. The summed E-state index contributed by atoms with van der Waals surface area (Å²) in [5.41, 5.74) is 0. The van der Waals surface area contributed by atoms with E-state index >= 15 is 0 Å². The largest absolute Gasteiger partial charge is 0.0654 e. The summed E-state index contributed by atoms with van der Waals surface area (Å²) >= 11 is 0. The lowest BCUT2D eigenvalue weighted by atomic mass is 9.66. The van der Waals surface area contributed by atoms with E-state index in [0.717, 1.165) is 17.8 Å². The summed E-state index contributed by atoms with van der Waals surface area (Å²) in [4.78, 5) is 0. The van der Waals surface area contributed by atoms with Crippen LogP contribution in [0, 0.1) is 17.8 Å². The normalized spacial score (nSPS) is 28.5. The number of unbranched alkanes of at least 4 members (excludes halogenated alkanes) is 2. The van der Waals surface area contributed by atoms with Crippen molar-refractivity contribution in [2.75, 3.05) is 0 Å². The molecule has 0 bridgehead atoms. The first kappa shape index (κ1) is 12.1. The molecular weight excluding hydrogens is 168 g/mol. The standard InChI is InChI=1S/C14H28/c1-4-6-7-9-12(3)14-10-13(11-14)8-5-2/h12-14H,4-11H2,1-3H3. The van der Waals surface area contributed by atoms with Crippen molar-refractivity contribution in [3.8, 4) is 0 Å². The van der Waals surface area contributed by atoms with Crippen LogP contribution >= 0.6 is 0 Å². The lowest BCUT2D eigenvalue weighted by Crippen LogP contribution is -2.28. The molecule has 1 aliphatic carbocycles. The molecule has 0 nitrogen and oxygen atoms in total. The van der Waals surface area contributed by atoms with Gasteiger partial charge in [-0.05, 0) is 30.6 Å². The zero-order chi connectivity index (χ0) is 10.4. The molecule has 1 aliphatic rings. The van der Waals surface area contributed by atoms with Crippen LogP contribution in [0.4, 0.5) is 0 Å². The van der Waals surface area contributed by atoms with Crippen molar-refractivity contribution in [3.05, 3.63) is 0 Å². The minimum absolute atomic E-state index is 1.01. The van der Waals surface area contributed by atoms with Gasteiger partial charge >= 0.3 is 0 Å². The highest BCUT2D eigenvalue weighted by Gasteiger charge is 2.31. The van der Waals surface area contributed by atoms with Crippen molar-refractivity contribution in [3.63, 3.8) is 0 Å². The minimum atomic E-state index is 1.01. The van der Waals surface area contributed by atoms with Crippen molar-refractivity contribution in [2.24, 2.45) is 17.8 Å². The number of hydrogen-bond acceptors (Lipinski definition) is 0. The lowest BCUT2D eigenvalue weighted by Gasteiger charge is -2.39. The molecule has 0 aliphatic heterocycles. The molecule has 14 heavy (non-hydrogen) atoms. The highest BCUT2D eigenvalue weighted by atomic mass is 14.4. The Morgan fingerprint density at radius 2 is 1.79 bits per heavy atom. The fraction of sp³-hybridized carbons (Fsp3) is 1.00. The minimum Gasteiger partial charge on any atom is -0.0654 e. The van der Waals surface area contributed by atoms with Crippen LogP contribution in [-0.2, 0) is 0 Å². The molecule has 84 valence electrons. The first-order valence-electron chi connectivity index (χ1n) is 6.77. The fourth-order valence-corrected chi connectivity index (χ4v) is 2.85. The van der Waals surface area contributed by atoms with Gasteiger partial charge < -0.3 is 0 Å². The van der Waals surface area contributed by atoms with Crippen LogP contribution in [0.15, 0.2) is 0 Å². The molecule has 1 unspecified atom stereocenters. The van der Waals surface area contributed by atoms with Crippen LogP contribution in [0.25, 0.3) is 0 Å². The highest BCUT2D eigenvalue weighted by molar-refractivity contribution is 4.82. The maximum Gasteiger partial charge on any atom is -0.0383 e. The molecule has 0 radical (unpaired) electrons. The molecule has 0 N–H and O–H groups in total. The summed E-state index contributed by atoms with van der Waals surface area (Å²) in [7, 11) is 0. The summed E-state index contributed by atoms with van der Waals surface area (Å²) in [6.07, 6.45) is 11.7. The van der Waals surface area contributed by atoms with Crippen LogP contribution in [-0.4, -0.2) is 0 Å². The lowest BCUT2D eigenvalue weighted by molar-refractivity contribution is 0.118. The molecule has 0 saturated heterocycles. The number of hydrogen-bond donors (Lipinski definition) is 0. The Morgan fingerprint density at radius 3 is 2.36 bits per heavy atom. The van der Waals surface area contributed by atoms with Gasteiger partial charge in [0.1, 0.15) is 0 Å². The van der Waals surface area contributed by atoms with E-state index in [-0.39, 0.29) is 0 Å². The summed E-state index contributed by atoms with van der Waals surface area (Å²) < 4.78 is 0. The topological polar surface area (TPSA) is 0 Å². The zero-order valence-corrected chi connectivity index (χ0v) is 10.4. The van der Waals surface area contributed by atoms with Crippen LogP contribution in [0.5, 0.6) is 0 Å². The average molecular weight is 196 g/mol. The van der Waals surface area contributed by atoms with Gasteiger partial charge in [-0.25, -0.2) is 0 Å². The molecule has 0 amide bonds. The van der Waals surface area contributed by atoms with Gasteiger partial charge in [0.15, 0.2) is 0 Å². The van der Waals surface area contributed by atoms with E-state index in [1.807, 2.05) is 0 Å². The summed E-state index contributed by atoms with van der Waals surface area (Å²) in [6.45, 7) is 7.09. The molecule has 0 aromatic carbocycles. The second-order valence-corrected chi connectivity index (χ2v) is 5.36. The quantitative estimate of drug-likeness (QED) is 0.501. The SMILES string of the molecule is CCCCCC(C)C1CC(CCC)C1. The third-order valence-electron chi connectivity index (χ3n) is 4.04. The smallest absolute Gasteiger partial charge is 0.0383 e. The van der Waals surface area contributed by atoms with Crippen molar-refractivity contribution in [1.82, 2.24) is 0 Å². The Balaban J connectivity index is 2.01. The Hall–Kier alpha value is 0. The van der Waals surface area contributed by atoms with Gasteiger partial charge in [0.05, 0.1) is 0 Å². The van der Waals surface area contributed by atoms with Gasteiger partial charge in [0.2, 0.25) is 0 Å². The zero-order valence-electron chi connectivity index (χ0n) is 10.4. The van der Waals surface area contributed by atoms with Gasteiger partial charge in [-0.3, -0.25) is 0 Å². The molecule has 0 spiro atoms. The van der Waals surface area contributed by atoms with Crippen molar-refractivity contribution in [2.45, 2.75) is 72.1 Å². The maximum absolute atomic E-state index is 2.47. The van der Waals surface area contributed by atoms with Gasteiger partial charge in [-0.15, -0.1) is 0 Å². The second kappa shape index (κ2) is 6.48. The Bertz CT molecular complexity index is 130. The first-order chi connectivity index (χ1) is 6.77. The van der Waals surface area contributed by atoms with E-state index in [1.165, 1.54) is 38.5 Å². The Morgan fingerprint density at radius 1 is 1.07 bits per heavy atom. The van der Waals surface area contributed by atoms with Gasteiger partial charge in [0, 0.05) is 0 Å². The monoisotopic (exact) mass is 196 g/mol. The molecule has 1 saturated carbocycles. The molecule has 0 aromatic heterocycles. The van der Waals surface area contributed by atoms with E-state index in [9.17, 15) is 0 Å². The van der Waals surface area contributed by atoms with Crippen LogP contribution in [0.3, 0.4) is 0 Å². The van der Waals surface area contributed by atoms with E-state index in [0.29, 0.717) is 0 Å². The van der Waals surface area contributed by atoms with Gasteiger partial charge in [-0.1, -0.05) is 59.3 Å². The van der Waals surface area contributed by atoms with E-state index in [2.05, 4.69) is 20.8 Å². The van der Waals surface area contributed by atoms with Gasteiger partial charge in [0.25, 0.3) is 0 Å².